The minimum Gasteiger partial charge on any atom is -0.381 e. The summed E-state index contributed by atoms with van der Waals surface area (Å²) in [6.45, 7) is 9.15. The van der Waals surface area contributed by atoms with Gasteiger partial charge in [-0.15, -0.1) is 0 Å². The molecule has 2 N–H and O–H groups in total. The summed E-state index contributed by atoms with van der Waals surface area (Å²) in [5.41, 5.74) is 6.50. The highest BCUT2D eigenvalue weighted by Crippen LogP contribution is 2.44. The van der Waals surface area contributed by atoms with Crippen LogP contribution in [0.4, 0.5) is 0 Å². The molecule has 3 heteroatoms. The van der Waals surface area contributed by atoms with Gasteiger partial charge in [-0.1, -0.05) is 20.8 Å². The van der Waals surface area contributed by atoms with Gasteiger partial charge in [0.05, 0.1) is 6.10 Å². The molecule has 1 saturated carbocycles. The minimum absolute atomic E-state index is 0.416. The van der Waals surface area contributed by atoms with Gasteiger partial charge >= 0.3 is 0 Å². The summed E-state index contributed by atoms with van der Waals surface area (Å²) in [6, 6.07) is 1.25. The molecule has 4 atom stereocenters. The lowest BCUT2D eigenvalue weighted by Gasteiger charge is -2.43. The number of likely N-dealkylation sites (tertiary alicyclic amines) is 1. The summed E-state index contributed by atoms with van der Waals surface area (Å²) in [5.74, 6) is 0.799. The van der Waals surface area contributed by atoms with Crippen LogP contribution in [0.3, 0.4) is 0 Å². The Morgan fingerprint density at radius 2 is 2.06 bits per heavy atom. The van der Waals surface area contributed by atoms with Gasteiger partial charge < -0.3 is 10.5 Å². The molecular weight excluding hydrogens is 224 g/mol. The molecule has 2 rings (SSSR count). The number of hydrogen-bond acceptors (Lipinski definition) is 3. The molecule has 4 unspecified atom stereocenters. The summed E-state index contributed by atoms with van der Waals surface area (Å²) >= 11 is 0. The number of hydrogen-bond donors (Lipinski definition) is 1. The van der Waals surface area contributed by atoms with E-state index in [1.807, 2.05) is 7.11 Å². The summed E-state index contributed by atoms with van der Waals surface area (Å²) in [7, 11) is 1.83. The van der Waals surface area contributed by atoms with Crippen molar-refractivity contribution in [1.29, 1.82) is 0 Å². The van der Waals surface area contributed by atoms with E-state index in [1.54, 1.807) is 0 Å². The van der Waals surface area contributed by atoms with E-state index < -0.39 is 0 Å². The van der Waals surface area contributed by atoms with Crippen LogP contribution in [0.1, 0.15) is 46.5 Å². The van der Waals surface area contributed by atoms with Crippen LogP contribution >= 0.6 is 0 Å². The van der Waals surface area contributed by atoms with Crippen LogP contribution in [-0.4, -0.2) is 43.3 Å². The fourth-order valence-electron chi connectivity index (χ4n) is 4.22. The second-order valence-corrected chi connectivity index (χ2v) is 7.13. The molecule has 0 aromatic carbocycles. The van der Waals surface area contributed by atoms with E-state index >= 15 is 0 Å². The number of nitrogens with zero attached hydrogens (tertiary/aromatic N) is 1. The van der Waals surface area contributed by atoms with Crippen molar-refractivity contribution in [3.05, 3.63) is 0 Å². The quantitative estimate of drug-likeness (QED) is 0.839. The third-order valence-electron chi connectivity index (χ3n) is 5.04. The summed E-state index contributed by atoms with van der Waals surface area (Å²) < 4.78 is 5.52. The van der Waals surface area contributed by atoms with Crippen LogP contribution in [0, 0.1) is 11.3 Å². The molecule has 1 aliphatic carbocycles. The van der Waals surface area contributed by atoms with E-state index in [0.29, 0.717) is 17.6 Å². The monoisotopic (exact) mass is 254 g/mol. The first kappa shape index (κ1) is 14.3. The minimum atomic E-state index is 0.416. The highest BCUT2D eigenvalue weighted by molar-refractivity contribution is 4.96. The molecule has 0 spiro atoms. The molecule has 1 heterocycles. The van der Waals surface area contributed by atoms with E-state index in [2.05, 4.69) is 25.7 Å². The van der Waals surface area contributed by atoms with E-state index in [0.717, 1.165) is 37.9 Å². The molecule has 0 aromatic rings. The standard InChI is InChI=1S/C15H30N2O/c1-11-8-15(2,3)9-14(11)17-6-5-13(18-4)7-12(17)10-16/h11-14H,5-10,16H2,1-4H3. The molecular formula is C15H30N2O. The zero-order valence-corrected chi connectivity index (χ0v) is 12.5. The third kappa shape index (κ3) is 2.89. The molecule has 0 amide bonds. The van der Waals surface area contributed by atoms with Crippen LogP contribution in [0.2, 0.25) is 0 Å². The van der Waals surface area contributed by atoms with Crippen molar-refractivity contribution in [2.24, 2.45) is 17.1 Å². The first-order valence-electron chi connectivity index (χ1n) is 7.45. The summed E-state index contributed by atoms with van der Waals surface area (Å²) in [4.78, 5) is 2.69. The second kappa shape index (κ2) is 5.48. The number of methoxy groups -OCH3 is 1. The van der Waals surface area contributed by atoms with Gasteiger partial charge in [0, 0.05) is 32.3 Å². The molecule has 18 heavy (non-hydrogen) atoms. The average molecular weight is 254 g/mol. The first-order valence-corrected chi connectivity index (χ1v) is 7.45. The number of nitrogens with two attached hydrogens (primary N) is 1. The van der Waals surface area contributed by atoms with Crippen molar-refractivity contribution in [1.82, 2.24) is 4.90 Å². The van der Waals surface area contributed by atoms with E-state index in [4.69, 9.17) is 10.5 Å². The van der Waals surface area contributed by atoms with Crippen LogP contribution in [0.15, 0.2) is 0 Å². The predicted molar refractivity (Wildman–Crippen MR) is 75.5 cm³/mol. The zero-order valence-electron chi connectivity index (χ0n) is 12.5. The molecule has 1 saturated heterocycles. The van der Waals surface area contributed by atoms with E-state index in [1.165, 1.54) is 12.8 Å². The van der Waals surface area contributed by atoms with Crippen LogP contribution in [-0.2, 0) is 4.74 Å². The molecule has 0 bridgehead atoms. The van der Waals surface area contributed by atoms with E-state index in [-0.39, 0.29) is 0 Å². The van der Waals surface area contributed by atoms with Crippen LogP contribution in [0.25, 0.3) is 0 Å². The molecule has 0 aromatic heterocycles. The Balaban J connectivity index is 2.04. The number of rotatable bonds is 3. The highest BCUT2D eigenvalue weighted by Gasteiger charge is 2.42. The Bertz CT molecular complexity index is 280. The van der Waals surface area contributed by atoms with Gasteiger partial charge in [-0.05, 0) is 37.0 Å². The van der Waals surface area contributed by atoms with Crippen molar-refractivity contribution in [3.8, 4) is 0 Å². The number of ether oxygens (including phenoxy) is 1. The Labute approximate surface area is 112 Å². The molecule has 2 fully saturated rings. The maximum absolute atomic E-state index is 5.99. The molecule has 2 aliphatic rings. The topological polar surface area (TPSA) is 38.5 Å². The summed E-state index contributed by atoms with van der Waals surface area (Å²) in [6.07, 6.45) is 5.36. The Morgan fingerprint density at radius 1 is 1.33 bits per heavy atom. The van der Waals surface area contributed by atoms with Gasteiger partial charge in [0.1, 0.15) is 0 Å². The van der Waals surface area contributed by atoms with Crippen molar-refractivity contribution in [3.63, 3.8) is 0 Å². The fourth-order valence-corrected chi connectivity index (χ4v) is 4.22. The maximum atomic E-state index is 5.99. The highest BCUT2D eigenvalue weighted by atomic mass is 16.5. The average Bonchev–Trinajstić information content (AvgIpc) is 2.61. The van der Waals surface area contributed by atoms with Gasteiger partial charge in [0.25, 0.3) is 0 Å². The molecule has 0 radical (unpaired) electrons. The van der Waals surface area contributed by atoms with Gasteiger partial charge in [-0.3, -0.25) is 4.90 Å². The van der Waals surface area contributed by atoms with Crippen molar-refractivity contribution >= 4 is 0 Å². The Kier molecular flexibility index (Phi) is 4.35. The van der Waals surface area contributed by atoms with Crippen LogP contribution < -0.4 is 5.73 Å². The Morgan fingerprint density at radius 3 is 2.56 bits per heavy atom. The molecule has 3 nitrogen and oxygen atoms in total. The lowest BCUT2D eigenvalue weighted by molar-refractivity contribution is -0.0109. The lowest BCUT2D eigenvalue weighted by atomic mass is 9.90. The second-order valence-electron chi connectivity index (χ2n) is 7.13. The molecule has 106 valence electrons. The van der Waals surface area contributed by atoms with Gasteiger partial charge in [0.15, 0.2) is 0 Å². The fraction of sp³-hybridized carbons (Fsp3) is 1.00. The zero-order chi connectivity index (χ0) is 13.3. The number of piperidine rings is 1. The predicted octanol–water partition coefficient (Wildman–Crippen LogP) is 2.25. The first-order chi connectivity index (χ1) is 8.46. The Hall–Kier alpha value is -0.120. The maximum Gasteiger partial charge on any atom is 0.0599 e. The van der Waals surface area contributed by atoms with Gasteiger partial charge in [-0.25, -0.2) is 0 Å². The molecule has 1 aliphatic heterocycles. The van der Waals surface area contributed by atoms with Gasteiger partial charge in [0.2, 0.25) is 0 Å². The largest absolute Gasteiger partial charge is 0.381 e. The van der Waals surface area contributed by atoms with Crippen molar-refractivity contribution in [2.45, 2.75) is 64.6 Å². The normalized spacial score (nSPS) is 41.2. The van der Waals surface area contributed by atoms with Crippen LogP contribution in [0.5, 0.6) is 0 Å². The van der Waals surface area contributed by atoms with Crippen molar-refractivity contribution in [2.75, 3.05) is 20.2 Å². The van der Waals surface area contributed by atoms with Gasteiger partial charge in [-0.2, -0.15) is 0 Å². The smallest absolute Gasteiger partial charge is 0.0599 e. The van der Waals surface area contributed by atoms with Crippen molar-refractivity contribution < 1.29 is 4.74 Å². The van der Waals surface area contributed by atoms with E-state index in [9.17, 15) is 0 Å². The third-order valence-corrected chi connectivity index (χ3v) is 5.04. The lowest BCUT2D eigenvalue weighted by Crippen LogP contribution is -2.53. The summed E-state index contributed by atoms with van der Waals surface area (Å²) in [5, 5.41) is 0. The SMILES string of the molecule is COC1CCN(C2CC(C)(C)CC2C)C(CN)C1.